The molecule has 1 fully saturated rings. The average Bonchev–Trinajstić information content (AvgIpc) is 3.70. The molecule has 3 aromatic heterocycles. The molecule has 0 aliphatic carbocycles. The first-order valence-electron chi connectivity index (χ1n) is 20.4. The molecular weight excluding hydrogens is 829 g/mol. The smallest absolute Gasteiger partial charge is 0.345 e. The number of carbonyl (C=O) groups is 1. The molecule has 4 heterocycles. The Morgan fingerprint density at radius 2 is 1.74 bits per heavy atom. The van der Waals surface area contributed by atoms with Crippen LogP contribution in [-0.2, 0) is 17.8 Å². The summed E-state index contributed by atoms with van der Waals surface area (Å²) in [4.78, 5) is 29.3. The monoisotopic (exact) mass is 873 g/mol. The quantitative estimate of drug-likeness (QED) is 0.0996. The zero-order valence-corrected chi connectivity index (χ0v) is 36.1. The highest BCUT2D eigenvalue weighted by Gasteiger charge is 2.28. The molecule has 62 heavy (non-hydrogen) atoms. The number of ether oxygens (including phenoxy) is 4. The van der Waals surface area contributed by atoms with Gasteiger partial charge in [-0.05, 0) is 123 Å². The number of aliphatic carboxylic acids is 1. The highest BCUT2D eigenvalue weighted by Crippen LogP contribution is 2.46. The standard InChI is InChI=1S/C48H45ClFN5O6S/c1-29-35(15-16-39(44(29)49)59-24-20-30-18-22-55(2)23-19-30)42-43-41(27-52-45(42)32-10-8-11-33(50)25-32)62-54-47(43)61-40(48(56)57)26-31-9-4-6-13-37(31)60-28-34-17-21-51-46(53-34)36-12-5-7-14-38(36)58-3/h4-17,21,25,27,30,40H,18-20,22-24,26,28H2,1-3H3,(H,56,57). The second-order valence-corrected chi connectivity index (χ2v) is 16.5. The molecular formula is C48H45ClFN5O6S. The van der Waals surface area contributed by atoms with Crippen LogP contribution in [-0.4, -0.2) is 75.3 Å². The predicted octanol–water partition coefficient (Wildman–Crippen LogP) is 10.4. The number of carboxylic acids is 1. The summed E-state index contributed by atoms with van der Waals surface area (Å²) in [6, 6.07) is 26.4. The van der Waals surface area contributed by atoms with Crippen LogP contribution >= 0.6 is 23.1 Å². The maximum atomic E-state index is 14.8. The van der Waals surface area contributed by atoms with E-state index in [0.29, 0.717) is 89.9 Å². The summed E-state index contributed by atoms with van der Waals surface area (Å²) in [5.74, 6) is 1.25. The van der Waals surface area contributed by atoms with Crippen molar-refractivity contribution >= 4 is 39.2 Å². The Morgan fingerprint density at radius 1 is 0.952 bits per heavy atom. The molecule has 0 bridgehead atoms. The Kier molecular flexibility index (Phi) is 13.2. The number of para-hydroxylation sites is 2. The van der Waals surface area contributed by atoms with Gasteiger partial charge in [-0.15, -0.1) is 0 Å². The van der Waals surface area contributed by atoms with Gasteiger partial charge in [0.2, 0.25) is 12.0 Å². The summed E-state index contributed by atoms with van der Waals surface area (Å²) in [5, 5.41) is 11.6. The van der Waals surface area contributed by atoms with Gasteiger partial charge in [-0.2, -0.15) is 4.37 Å². The van der Waals surface area contributed by atoms with Crippen molar-refractivity contribution in [3.8, 4) is 56.9 Å². The number of fused-ring (bicyclic) bond motifs is 1. The van der Waals surface area contributed by atoms with Gasteiger partial charge in [0.05, 0.1) is 45.8 Å². The number of aromatic nitrogens is 4. The van der Waals surface area contributed by atoms with Gasteiger partial charge in [0, 0.05) is 29.9 Å². The van der Waals surface area contributed by atoms with Gasteiger partial charge in [0.25, 0.3) is 0 Å². The van der Waals surface area contributed by atoms with E-state index in [-0.39, 0.29) is 18.9 Å². The van der Waals surface area contributed by atoms with Crippen molar-refractivity contribution in [2.24, 2.45) is 5.92 Å². The van der Waals surface area contributed by atoms with Crippen molar-refractivity contribution in [1.82, 2.24) is 24.2 Å². The van der Waals surface area contributed by atoms with E-state index in [9.17, 15) is 14.3 Å². The Bertz CT molecular complexity index is 2710. The number of hydrogen-bond acceptors (Lipinski definition) is 11. The highest BCUT2D eigenvalue weighted by atomic mass is 35.5. The molecule has 1 aliphatic rings. The molecule has 14 heteroatoms. The van der Waals surface area contributed by atoms with E-state index in [1.165, 1.54) is 12.1 Å². The Balaban J connectivity index is 1.08. The maximum Gasteiger partial charge on any atom is 0.345 e. The molecule has 1 saturated heterocycles. The normalized spacial score (nSPS) is 13.8. The highest BCUT2D eigenvalue weighted by molar-refractivity contribution is 7.13. The molecule has 8 rings (SSSR count). The number of pyridine rings is 1. The average molecular weight is 874 g/mol. The maximum absolute atomic E-state index is 14.8. The first-order valence-corrected chi connectivity index (χ1v) is 21.5. The fraction of sp³-hybridized carbons (Fsp3) is 0.271. The number of methoxy groups -OCH3 is 1. The van der Waals surface area contributed by atoms with Gasteiger partial charge in [-0.25, -0.2) is 19.2 Å². The molecule has 1 aliphatic heterocycles. The van der Waals surface area contributed by atoms with Crippen molar-refractivity contribution < 1.29 is 33.2 Å². The van der Waals surface area contributed by atoms with Gasteiger partial charge < -0.3 is 29.0 Å². The largest absolute Gasteiger partial charge is 0.496 e. The fourth-order valence-corrected chi connectivity index (χ4v) is 8.67. The minimum absolute atomic E-state index is 0.0492. The number of piperidine rings is 1. The van der Waals surface area contributed by atoms with Crippen LogP contribution in [0, 0.1) is 18.7 Å². The van der Waals surface area contributed by atoms with E-state index >= 15 is 0 Å². The lowest BCUT2D eigenvalue weighted by Crippen LogP contribution is -2.30. The summed E-state index contributed by atoms with van der Waals surface area (Å²) < 4.78 is 44.4. The molecule has 1 unspecified atom stereocenters. The van der Waals surface area contributed by atoms with Gasteiger partial charge in [0.1, 0.15) is 29.7 Å². The van der Waals surface area contributed by atoms with Crippen molar-refractivity contribution in [1.29, 1.82) is 0 Å². The zero-order valence-electron chi connectivity index (χ0n) is 34.5. The number of nitrogens with zero attached hydrogens (tertiary/aromatic N) is 5. The number of hydrogen-bond donors (Lipinski definition) is 1. The molecule has 0 radical (unpaired) electrons. The SMILES string of the molecule is COc1ccccc1-c1nccc(COc2ccccc2CC(Oc2nsc3cnc(-c4cccc(F)c4)c(-c4ccc(OCCC5CCN(C)CC5)c(Cl)c4C)c23)C(=O)O)n1. The summed E-state index contributed by atoms with van der Waals surface area (Å²) >= 11 is 8.19. The predicted molar refractivity (Wildman–Crippen MR) is 239 cm³/mol. The summed E-state index contributed by atoms with van der Waals surface area (Å²) in [6.45, 7) is 4.71. The van der Waals surface area contributed by atoms with Crippen LogP contribution in [0.2, 0.25) is 5.02 Å². The Labute approximate surface area is 368 Å². The Morgan fingerprint density at radius 3 is 2.53 bits per heavy atom. The van der Waals surface area contributed by atoms with E-state index in [1.807, 2.05) is 55.5 Å². The summed E-state index contributed by atoms with van der Waals surface area (Å²) in [5.41, 5.74) is 4.95. The molecule has 1 N–H and O–H groups in total. The first-order chi connectivity index (χ1) is 30.2. The molecule has 11 nitrogen and oxygen atoms in total. The van der Waals surface area contributed by atoms with E-state index < -0.39 is 17.9 Å². The van der Waals surface area contributed by atoms with E-state index in [2.05, 4.69) is 21.3 Å². The van der Waals surface area contributed by atoms with Crippen molar-refractivity contribution in [2.45, 2.75) is 45.3 Å². The van der Waals surface area contributed by atoms with Crippen LogP contribution in [0.1, 0.15) is 36.1 Å². The topological polar surface area (TPSA) is 129 Å². The van der Waals surface area contributed by atoms with Crippen molar-refractivity contribution in [2.75, 3.05) is 33.9 Å². The number of benzene rings is 4. The lowest BCUT2D eigenvalue weighted by Gasteiger charge is -2.28. The van der Waals surface area contributed by atoms with Crippen LogP contribution in [0.3, 0.4) is 0 Å². The second kappa shape index (κ2) is 19.3. The number of carboxylic acid groups (broad SMARTS) is 1. The van der Waals surface area contributed by atoms with Crippen LogP contribution in [0.25, 0.3) is 43.9 Å². The van der Waals surface area contributed by atoms with Crippen LogP contribution in [0.4, 0.5) is 4.39 Å². The number of rotatable bonds is 16. The minimum atomic E-state index is -1.37. The second-order valence-electron chi connectivity index (χ2n) is 15.3. The number of halogens is 2. The van der Waals surface area contributed by atoms with Crippen molar-refractivity contribution in [3.63, 3.8) is 0 Å². The van der Waals surface area contributed by atoms with Gasteiger partial charge in [-0.1, -0.05) is 60.1 Å². The molecule has 4 aromatic carbocycles. The lowest BCUT2D eigenvalue weighted by molar-refractivity contribution is -0.145. The first kappa shape index (κ1) is 42.5. The number of likely N-dealkylation sites (tertiary alicyclic amines) is 1. The van der Waals surface area contributed by atoms with E-state index in [4.69, 9.17) is 40.5 Å². The van der Waals surface area contributed by atoms with Gasteiger partial charge in [0.15, 0.2) is 5.82 Å². The fourth-order valence-electron chi connectivity index (χ4n) is 7.75. The van der Waals surface area contributed by atoms with Crippen LogP contribution < -0.4 is 18.9 Å². The molecule has 318 valence electrons. The zero-order chi connectivity index (χ0) is 43.2. The van der Waals surface area contributed by atoms with Crippen LogP contribution in [0.5, 0.6) is 23.1 Å². The van der Waals surface area contributed by atoms with Gasteiger partial charge in [-0.3, -0.25) is 4.98 Å². The third-order valence-corrected chi connectivity index (χ3v) is 12.4. The van der Waals surface area contributed by atoms with Gasteiger partial charge >= 0.3 is 5.97 Å². The minimum Gasteiger partial charge on any atom is -0.496 e. The summed E-state index contributed by atoms with van der Waals surface area (Å²) in [7, 11) is 3.75. The van der Waals surface area contributed by atoms with Crippen LogP contribution in [0.15, 0.2) is 103 Å². The van der Waals surface area contributed by atoms with E-state index in [1.54, 1.807) is 49.8 Å². The molecule has 0 amide bonds. The summed E-state index contributed by atoms with van der Waals surface area (Å²) in [6.07, 6.45) is 5.11. The van der Waals surface area contributed by atoms with E-state index in [0.717, 1.165) is 49.4 Å². The molecule has 1 atom stereocenters. The molecule has 0 saturated carbocycles. The third kappa shape index (κ3) is 9.50. The Hall–Kier alpha value is -6.15. The lowest BCUT2D eigenvalue weighted by atomic mass is 9.93. The third-order valence-electron chi connectivity index (χ3n) is 11.2. The van der Waals surface area contributed by atoms with Crippen molar-refractivity contribution in [3.05, 3.63) is 131 Å². The molecule has 0 spiro atoms. The molecule has 7 aromatic rings.